The Morgan fingerprint density at radius 3 is 2.00 bits per heavy atom. The zero-order valence-electron chi connectivity index (χ0n) is 17.4. The molecule has 2 bridgehead atoms. The van der Waals surface area contributed by atoms with Crippen LogP contribution in [0.2, 0.25) is 0 Å². The molecule has 3 aliphatic carbocycles. The highest BCUT2D eigenvalue weighted by Crippen LogP contribution is 2.41. The number of carbonyl (C=O) groups excluding carboxylic acids is 2. The molecule has 1 heterocycles. The summed E-state index contributed by atoms with van der Waals surface area (Å²) >= 11 is 0. The van der Waals surface area contributed by atoms with Crippen LogP contribution in [-0.2, 0) is 9.59 Å². The SMILES string of the molecule is Cl.Cl.NC1C2CCCC1CC(C(=O)NCCN1CCN(C(=O)C3CCC3)CC1)C2. The Morgan fingerprint density at radius 1 is 0.862 bits per heavy atom. The number of fused-ring (bicyclic) bond motifs is 2. The van der Waals surface area contributed by atoms with Crippen molar-refractivity contribution in [1.29, 1.82) is 0 Å². The van der Waals surface area contributed by atoms with Crippen molar-refractivity contribution in [2.24, 2.45) is 29.4 Å². The Labute approximate surface area is 187 Å². The first kappa shape index (κ1) is 24.7. The fourth-order valence-corrected chi connectivity index (χ4v) is 5.59. The van der Waals surface area contributed by atoms with E-state index < -0.39 is 0 Å². The molecule has 6 nitrogen and oxygen atoms in total. The van der Waals surface area contributed by atoms with Crippen molar-refractivity contribution in [1.82, 2.24) is 15.1 Å². The molecule has 0 spiro atoms. The topological polar surface area (TPSA) is 78.7 Å². The van der Waals surface area contributed by atoms with Gasteiger partial charge in [-0.2, -0.15) is 0 Å². The number of hydrogen-bond donors (Lipinski definition) is 2. The van der Waals surface area contributed by atoms with Gasteiger partial charge < -0.3 is 16.0 Å². The zero-order chi connectivity index (χ0) is 18.8. The molecule has 1 saturated heterocycles. The Balaban J connectivity index is 0.00000150. The van der Waals surface area contributed by atoms with Crippen LogP contribution in [0.25, 0.3) is 0 Å². The molecule has 3 saturated carbocycles. The van der Waals surface area contributed by atoms with Crippen molar-refractivity contribution in [3.05, 3.63) is 0 Å². The molecule has 0 radical (unpaired) electrons. The average Bonchev–Trinajstić information content (AvgIpc) is 2.60. The molecule has 0 aromatic rings. The smallest absolute Gasteiger partial charge is 0.225 e. The molecule has 8 heteroatoms. The van der Waals surface area contributed by atoms with E-state index in [1.54, 1.807) is 0 Å². The summed E-state index contributed by atoms with van der Waals surface area (Å²) in [6, 6.07) is 0.321. The Kier molecular flexibility index (Phi) is 9.52. The fraction of sp³-hybridized carbons (Fsp3) is 0.905. The highest BCUT2D eigenvalue weighted by Gasteiger charge is 2.40. The van der Waals surface area contributed by atoms with E-state index in [0.29, 0.717) is 36.2 Å². The second kappa shape index (κ2) is 11.2. The number of rotatable bonds is 5. The third kappa shape index (κ3) is 5.78. The minimum Gasteiger partial charge on any atom is -0.355 e. The lowest BCUT2D eigenvalue weighted by Crippen LogP contribution is -2.52. The third-order valence-corrected chi connectivity index (χ3v) is 7.65. The molecule has 29 heavy (non-hydrogen) atoms. The molecule has 2 unspecified atom stereocenters. The van der Waals surface area contributed by atoms with Gasteiger partial charge in [0, 0.05) is 57.1 Å². The van der Waals surface area contributed by atoms with Crippen LogP contribution in [-0.4, -0.2) is 66.9 Å². The molecule has 0 aromatic heterocycles. The van der Waals surface area contributed by atoms with Gasteiger partial charge in [0.1, 0.15) is 0 Å². The van der Waals surface area contributed by atoms with Crippen LogP contribution in [0.4, 0.5) is 0 Å². The summed E-state index contributed by atoms with van der Waals surface area (Å²) < 4.78 is 0. The molecular weight excluding hydrogens is 411 g/mol. The maximum atomic E-state index is 12.6. The molecule has 1 aliphatic heterocycles. The monoisotopic (exact) mass is 448 g/mol. The first-order valence-corrected chi connectivity index (χ1v) is 11.2. The van der Waals surface area contributed by atoms with Gasteiger partial charge in [-0.25, -0.2) is 0 Å². The van der Waals surface area contributed by atoms with E-state index in [2.05, 4.69) is 10.2 Å². The summed E-state index contributed by atoms with van der Waals surface area (Å²) in [6.45, 7) is 5.14. The van der Waals surface area contributed by atoms with Gasteiger partial charge in [0.05, 0.1) is 0 Å². The van der Waals surface area contributed by atoms with Crippen LogP contribution in [0.5, 0.6) is 0 Å². The Morgan fingerprint density at radius 2 is 1.45 bits per heavy atom. The number of nitrogens with zero attached hydrogens (tertiary/aromatic N) is 2. The third-order valence-electron chi connectivity index (χ3n) is 7.65. The Hall–Kier alpha value is -0.560. The van der Waals surface area contributed by atoms with Crippen LogP contribution in [0, 0.1) is 23.7 Å². The lowest BCUT2D eigenvalue weighted by atomic mass is 9.65. The zero-order valence-corrected chi connectivity index (χ0v) is 19.0. The molecular formula is C21H38Cl2N4O2. The van der Waals surface area contributed by atoms with Gasteiger partial charge >= 0.3 is 0 Å². The standard InChI is InChI=1S/C21H36N4O2.2ClH/c22-19-16-5-2-6-17(19)14-18(13-16)20(26)23-7-8-24-9-11-25(12-10-24)21(27)15-3-1-4-15;;/h15-19H,1-14,22H2,(H,23,26);2*1H. The first-order valence-electron chi connectivity index (χ1n) is 11.2. The van der Waals surface area contributed by atoms with Gasteiger partial charge in [0.15, 0.2) is 0 Å². The van der Waals surface area contributed by atoms with Crippen LogP contribution in [0.3, 0.4) is 0 Å². The lowest BCUT2D eigenvalue weighted by molar-refractivity contribution is -0.139. The molecule has 168 valence electrons. The van der Waals surface area contributed by atoms with Gasteiger partial charge in [0.2, 0.25) is 11.8 Å². The average molecular weight is 449 g/mol. The number of carbonyl (C=O) groups is 2. The van der Waals surface area contributed by atoms with Crippen molar-refractivity contribution >= 4 is 36.6 Å². The number of amides is 2. The molecule has 4 aliphatic rings. The van der Waals surface area contributed by atoms with E-state index in [9.17, 15) is 9.59 Å². The number of halogens is 2. The van der Waals surface area contributed by atoms with Crippen LogP contribution in [0.1, 0.15) is 51.4 Å². The molecule has 0 aromatic carbocycles. The van der Waals surface area contributed by atoms with Crippen molar-refractivity contribution < 1.29 is 9.59 Å². The van der Waals surface area contributed by atoms with E-state index in [4.69, 9.17) is 5.73 Å². The molecule has 2 atom stereocenters. The van der Waals surface area contributed by atoms with Gasteiger partial charge in [-0.1, -0.05) is 12.8 Å². The molecule has 2 amide bonds. The number of nitrogens with one attached hydrogen (secondary N) is 1. The predicted octanol–water partition coefficient (Wildman–Crippen LogP) is 2.04. The van der Waals surface area contributed by atoms with Crippen LogP contribution < -0.4 is 11.1 Å². The van der Waals surface area contributed by atoms with Gasteiger partial charge in [-0.3, -0.25) is 14.5 Å². The summed E-state index contributed by atoms with van der Waals surface area (Å²) in [5, 5.41) is 3.17. The van der Waals surface area contributed by atoms with Crippen LogP contribution in [0.15, 0.2) is 0 Å². The quantitative estimate of drug-likeness (QED) is 0.674. The van der Waals surface area contributed by atoms with Gasteiger partial charge in [0.25, 0.3) is 0 Å². The summed E-state index contributed by atoms with van der Waals surface area (Å²) in [7, 11) is 0. The van der Waals surface area contributed by atoms with Crippen molar-refractivity contribution in [3.8, 4) is 0 Å². The predicted molar refractivity (Wildman–Crippen MR) is 119 cm³/mol. The largest absolute Gasteiger partial charge is 0.355 e. The highest BCUT2D eigenvalue weighted by atomic mass is 35.5. The normalized spacial score (nSPS) is 32.4. The minimum absolute atomic E-state index is 0. The second-order valence-electron chi connectivity index (χ2n) is 9.28. The highest BCUT2D eigenvalue weighted by molar-refractivity contribution is 5.85. The van der Waals surface area contributed by atoms with Crippen molar-refractivity contribution in [2.75, 3.05) is 39.3 Å². The minimum atomic E-state index is 0. The number of hydrogen-bond acceptors (Lipinski definition) is 4. The first-order chi connectivity index (χ1) is 13.1. The van der Waals surface area contributed by atoms with Crippen molar-refractivity contribution in [3.63, 3.8) is 0 Å². The van der Waals surface area contributed by atoms with E-state index in [0.717, 1.165) is 58.4 Å². The van der Waals surface area contributed by atoms with E-state index in [1.807, 2.05) is 4.90 Å². The number of nitrogens with two attached hydrogens (primary N) is 1. The maximum Gasteiger partial charge on any atom is 0.225 e. The molecule has 4 rings (SSSR count). The summed E-state index contributed by atoms with van der Waals surface area (Å²) in [6.07, 6.45) is 9.02. The van der Waals surface area contributed by atoms with Gasteiger partial charge in [-0.05, 0) is 50.4 Å². The summed E-state index contributed by atoms with van der Waals surface area (Å²) in [5.41, 5.74) is 6.34. The second-order valence-corrected chi connectivity index (χ2v) is 9.28. The van der Waals surface area contributed by atoms with E-state index >= 15 is 0 Å². The number of piperazine rings is 1. The lowest BCUT2D eigenvalue weighted by Gasteiger charge is -2.43. The fourth-order valence-electron chi connectivity index (χ4n) is 5.59. The molecule has 4 fully saturated rings. The molecule has 3 N–H and O–H groups in total. The van der Waals surface area contributed by atoms with Gasteiger partial charge in [-0.15, -0.1) is 24.8 Å². The summed E-state index contributed by atoms with van der Waals surface area (Å²) in [4.78, 5) is 29.3. The summed E-state index contributed by atoms with van der Waals surface area (Å²) in [5.74, 6) is 2.17. The van der Waals surface area contributed by atoms with E-state index in [1.165, 1.54) is 25.7 Å². The van der Waals surface area contributed by atoms with Crippen molar-refractivity contribution in [2.45, 2.75) is 57.4 Å². The Bertz CT molecular complexity index is 539. The van der Waals surface area contributed by atoms with E-state index in [-0.39, 0.29) is 36.6 Å². The maximum absolute atomic E-state index is 12.6. The van der Waals surface area contributed by atoms with Crippen LogP contribution >= 0.6 is 24.8 Å².